The van der Waals surface area contributed by atoms with Gasteiger partial charge in [0.25, 0.3) is 0 Å². The maximum atomic E-state index is 6.90. The van der Waals surface area contributed by atoms with Crippen LogP contribution in [0.15, 0.2) is 211 Å². The van der Waals surface area contributed by atoms with Gasteiger partial charge < -0.3 is 4.42 Å². The minimum atomic E-state index is 0.651. The molecule has 0 bridgehead atoms. The van der Waals surface area contributed by atoms with Crippen molar-refractivity contribution < 1.29 is 4.42 Å². The maximum absolute atomic E-state index is 6.90. The summed E-state index contributed by atoms with van der Waals surface area (Å²) in [4.78, 5) is 10.5. The molecule has 2 heterocycles. The van der Waals surface area contributed by atoms with Crippen LogP contribution in [0, 0.1) is 0 Å². The molecule has 0 spiro atoms. The van der Waals surface area contributed by atoms with Gasteiger partial charge in [0.05, 0.1) is 11.4 Å². The third-order valence-electron chi connectivity index (χ3n) is 10.3. The van der Waals surface area contributed by atoms with Gasteiger partial charge in [-0.05, 0) is 75.3 Å². The number of benzene rings is 8. The lowest BCUT2D eigenvalue weighted by molar-refractivity contribution is 0.670. The van der Waals surface area contributed by atoms with Crippen LogP contribution in [0.4, 0.5) is 0 Å². The van der Waals surface area contributed by atoms with Gasteiger partial charge in [-0.15, -0.1) is 0 Å². The van der Waals surface area contributed by atoms with E-state index in [0.29, 0.717) is 5.82 Å². The highest BCUT2D eigenvalue weighted by atomic mass is 16.3. The quantitative estimate of drug-likeness (QED) is 0.166. The van der Waals surface area contributed by atoms with Gasteiger partial charge in [0.15, 0.2) is 5.82 Å². The van der Waals surface area contributed by atoms with Crippen LogP contribution in [0.3, 0.4) is 0 Å². The predicted molar refractivity (Wildman–Crippen MR) is 227 cm³/mol. The summed E-state index contributed by atoms with van der Waals surface area (Å²) in [7, 11) is 0. The van der Waals surface area contributed by atoms with E-state index in [4.69, 9.17) is 14.4 Å². The van der Waals surface area contributed by atoms with Crippen LogP contribution in [-0.2, 0) is 0 Å². The molecule has 0 amide bonds. The molecule has 0 atom stereocenters. The molecule has 3 nitrogen and oxygen atoms in total. The average molecular weight is 703 g/mol. The Bertz CT molecular complexity index is 2900. The first-order chi connectivity index (χ1) is 27.2. The van der Waals surface area contributed by atoms with Crippen molar-refractivity contribution in [1.82, 2.24) is 9.97 Å². The Hall–Kier alpha value is -7.36. The standard InChI is InChI=1S/C52H34N2O/c1-5-16-35(17-6-1)39-24-13-26-41(30-39)43-32-45(42-27-14-25-40(31-42)36-18-7-2-8-19-36)51-46(33-43)50-44(28-15-29-49(50)55-51)52-53-47(37-20-9-3-10-21-37)34-48(54-52)38-22-11-4-12-23-38/h1-34H. The summed E-state index contributed by atoms with van der Waals surface area (Å²) >= 11 is 0. The van der Waals surface area contributed by atoms with E-state index >= 15 is 0 Å². The summed E-state index contributed by atoms with van der Waals surface area (Å²) in [5.41, 5.74) is 15.4. The molecule has 3 heteroatoms. The van der Waals surface area contributed by atoms with Crippen molar-refractivity contribution in [2.45, 2.75) is 0 Å². The molecule has 0 N–H and O–H groups in total. The average Bonchev–Trinajstić information content (AvgIpc) is 3.66. The maximum Gasteiger partial charge on any atom is 0.161 e. The summed E-state index contributed by atoms with van der Waals surface area (Å²) in [5.74, 6) is 0.651. The van der Waals surface area contributed by atoms with Gasteiger partial charge in [0, 0.05) is 33.0 Å². The Morgan fingerprint density at radius 1 is 0.309 bits per heavy atom. The van der Waals surface area contributed by atoms with Crippen LogP contribution >= 0.6 is 0 Å². The van der Waals surface area contributed by atoms with Crippen LogP contribution in [0.25, 0.3) is 100 Å². The van der Waals surface area contributed by atoms with Crippen molar-refractivity contribution in [3.05, 3.63) is 206 Å². The topological polar surface area (TPSA) is 38.9 Å². The van der Waals surface area contributed by atoms with E-state index in [1.54, 1.807) is 0 Å². The SMILES string of the molecule is c1ccc(-c2cccc(-c3cc(-c4cccc(-c5ccccc5)c4)c4oc5cccc(-c6nc(-c7ccccc7)cc(-c7ccccc7)n6)c5c4c3)c2)cc1. The monoisotopic (exact) mass is 702 g/mol. The number of hydrogen-bond acceptors (Lipinski definition) is 3. The smallest absolute Gasteiger partial charge is 0.161 e. The third kappa shape index (κ3) is 6.18. The zero-order valence-corrected chi connectivity index (χ0v) is 29.9. The van der Waals surface area contributed by atoms with Crippen molar-refractivity contribution in [2.24, 2.45) is 0 Å². The van der Waals surface area contributed by atoms with Crippen LogP contribution < -0.4 is 0 Å². The zero-order valence-electron chi connectivity index (χ0n) is 29.9. The normalized spacial score (nSPS) is 11.3. The fraction of sp³-hybridized carbons (Fsp3) is 0. The lowest BCUT2D eigenvalue weighted by Crippen LogP contribution is -1.96. The molecule has 0 saturated heterocycles. The Morgan fingerprint density at radius 3 is 1.33 bits per heavy atom. The molecule has 2 aromatic heterocycles. The van der Waals surface area contributed by atoms with E-state index in [1.807, 2.05) is 42.5 Å². The summed E-state index contributed by atoms with van der Waals surface area (Å²) in [6.45, 7) is 0. The fourth-order valence-corrected chi connectivity index (χ4v) is 7.58. The number of hydrogen-bond donors (Lipinski definition) is 0. The van der Waals surface area contributed by atoms with Gasteiger partial charge in [-0.3, -0.25) is 0 Å². The van der Waals surface area contributed by atoms with Gasteiger partial charge in [0.2, 0.25) is 0 Å². The molecule has 258 valence electrons. The Labute approximate surface area is 319 Å². The van der Waals surface area contributed by atoms with E-state index in [2.05, 4.69) is 164 Å². The van der Waals surface area contributed by atoms with Crippen molar-refractivity contribution in [3.63, 3.8) is 0 Å². The zero-order chi connectivity index (χ0) is 36.6. The second kappa shape index (κ2) is 13.9. The van der Waals surface area contributed by atoms with Crippen LogP contribution in [0.5, 0.6) is 0 Å². The van der Waals surface area contributed by atoms with Gasteiger partial charge in [0.1, 0.15) is 11.2 Å². The summed E-state index contributed by atoms with van der Waals surface area (Å²) in [6.07, 6.45) is 0. The molecule has 0 aliphatic carbocycles. The molecule has 0 radical (unpaired) electrons. The van der Waals surface area contributed by atoms with Crippen LogP contribution in [0.2, 0.25) is 0 Å². The van der Waals surface area contributed by atoms with Gasteiger partial charge in [-0.2, -0.15) is 0 Å². The van der Waals surface area contributed by atoms with Gasteiger partial charge >= 0.3 is 0 Å². The molecule has 10 rings (SSSR count). The van der Waals surface area contributed by atoms with Crippen molar-refractivity contribution in [2.75, 3.05) is 0 Å². The fourth-order valence-electron chi connectivity index (χ4n) is 7.58. The predicted octanol–water partition coefficient (Wildman–Crippen LogP) is 14.0. The Kier molecular flexibility index (Phi) is 8.16. The second-order valence-electron chi connectivity index (χ2n) is 13.8. The van der Waals surface area contributed by atoms with E-state index in [9.17, 15) is 0 Å². The molecule has 0 aliphatic rings. The number of fused-ring (bicyclic) bond motifs is 3. The third-order valence-corrected chi connectivity index (χ3v) is 10.3. The largest absolute Gasteiger partial charge is 0.455 e. The van der Waals surface area contributed by atoms with Gasteiger partial charge in [-0.25, -0.2) is 9.97 Å². The highest BCUT2D eigenvalue weighted by Crippen LogP contribution is 2.44. The minimum Gasteiger partial charge on any atom is -0.455 e. The van der Waals surface area contributed by atoms with E-state index < -0.39 is 0 Å². The molecule has 0 unspecified atom stereocenters. The summed E-state index contributed by atoms with van der Waals surface area (Å²) < 4.78 is 6.90. The molecule has 55 heavy (non-hydrogen) atoms. The molecule has 10 aromatic rings. The molecule has 0 saturated carbocycles. The molecular formula is C52H34N2O. The number of aromatic nitrogens is 2. The van der Waals surface area contributed by atoms with Crippen molar-refractivity contribution in [3.8, 4) is 78.4 Å². The highest BCUT2D eigenvalue weighted by molar-refractivity contribution is 6.16. The lowest BCUT2D eigenvalue weighted by Gasteiger charge is -2.12. The van der Waals surface area contributed by atoms with Crippen LogP contribution in [-0.4, -0.2) is 9.97 Å². The number of rotatable bonds is 7. The van der Waals surface area contributed by atoms with E-state index in [0.717, 1.165) is 77.8 Å². The Balaban J connectivity index is 1.24. The lowest BCUT2D eigenvalue weighted by atomic mass is 9.92. The first-order valence-electron chi connectivity index (χ1n) is 18.6. The number of nitrogens with zero attached hydrogens (tertiary/aromatic N) is 2. The molecular weight excluding hydrogens is 669 g/mol. The number of furan rings is 1. The van der Waals surface area contributed by atoms with E-state index in [-0.39, 0.29) is 0 Å². The summed E-state index contributed by atoms with van der Waals surface area (Å²) in [5, 5.41) is 2.01. The minimum absolute atomic E-state index is 0.651. The first kappa shape index (κ1) is 32.3. The molecule has 8 aromatic carbocycles. The van der Waals surface area contributed by atoms with Crippen molar-refractivity contribution >= 4 is 21.9 Å². The van der Waals surface area contributed by atoms with Gasteiger partial charge in [-0.1, -0.05) is 170 Å². The Morgan fingerprint density at radius 2 is 0.764 bits per heavy atom. The summed E-state index contributed by atoms with van der Waals surface area (Å²) in [6, 6.07) is 72.1. The molecule has 0 aliphatic heterocycles. The first-order valence-corrected chi connectivity index (χ1v) is 18.6. The van der Waals surface area contributed by atoms with Crippen LogP contribution in [0.1, 0.15) is 0 Å². The molecule has 0 fully saturated rings. The second-order valence-corrected chi connectivity index (χ2v) is 13.8. The highest BCUT2D eigenvalue weighted by Gasteiger charge is 2.21. The van der Waals surface area contributed by atoms with Crippen molar-refractivity contribution in [1.29, 1.82) is 0 Å². The van der Waals surface area contributed by atoms with E-state index in [1.165, 1.54) is 16.7 Å².